The van der Waals surface area contributed by atoms with E-state index >= 15 is 0 Å². The van der Waals surface area contributed by atoms with Gasteiger partial charge in [0.2, 0.25) is 0 Å². The minimum Gasteiger partial charge on any atom is -0.300 e. The molecule has 0 spiro atoms. The molecule has 2 aliphatic rings. The third-order valence-corrected chi connectivity index (χ3v) is 3.96. The van der Waals surface area contributed by atoms with Crippen molar-refractivity contribution in [1.82, 2.24) is 4.90 Å². The monoisotopic (exact) mass is 167 g/mol. The molecule has 0 aromatic rings. The second-order valence-corrected chi connectivity index (χ2v) is 4.85. The molecule has 2 aliphatic heterocycles. The first kappa shape index (κ1) is 8.55. The highest BCUT2D eigenvalue weighted by atomic mass is 15.2. The van der Waals surface area contributed by atoms with Gasteiger partial charge >= 0.3 is 0 Å². The van der Waals surface area contributed by atoms with E-state index in [2.05, 4.69) is 18.7 Å². The van der Waals surface area contributed by atoms with Crippen LogP contribution in [0.5, 0.6) is 0 Å². The highest BCUT2D eigenvalue weighted by Crippen LogP contribution is 2.45. The second-order valence-electron chi connectivity index (χ2n) is 4.85. The van der Waals surface area contributed by atoms with E-state index in [4.69, 9.17) is 0 Å². The van der Waals surface area contributed by atoms with Gasteiger partial charge in [0.05, 0.1) is 0 Å². The Balaban J connectivity index is 2.06. The quantitative estimate of drug-likeness (QED) is 0.611. The van der Waals surface area contributed by atoms with Gasteiger partial charge in [0.15, 0.2) is 0 Å². The lowest BCUT2D eigenvalue weighted by molar-refractivity contribution is 0.197. The van der Waals surface area contributed by atoms with E-state index in [1.165, 1.54) is 45.2 Å². The lowest BCUT2D eigenvalue weighted by Gasteiger charge is -2.31. The molecular formula is C11H21N. The molecule has 12 heavy (non-hydrogen) atoms. The summed E-state index contributed by atoms with van der Waals surface area (Å²) >= 11 is 0. The Bertz CT molecular complexity index is 162. The van der Waals surface area contributed by atoms with Crippen LogP contribution in [0.15, 0.2) is 0 Å². The Labute approximate surface area is 76.1 Å². The number of rotatable bonds is 2. The van der Waals surface area contributed by atoms with Gasteiger partial charge in [0, 0.05) is 6.04 Å². The molecule has 1 heteroatoms. The molecule has 2 atom stereocenters. The van der Waals surface area contributed by atoms with Crippen LogP contribution < -0.4 is 0 Å². The number of fused-ring (bicyclic) bond motifs is 1. The summed E-state index contributed by atoms with van der Waals surface area (Å²) < 4.78 is 0. The molecular weight excluding hydrogens is 146 g/mol. The second kappa shape index (κ2) is 3.02. The van der Waals surface area contributed by atoms with Crippen LogP contribution in [0.4, 0.5) is 0 Å². The van der Waals surface area contributed by atoms with Crippen molar-refractivity contribution in [2.24, 2.45) is 5.41 Å². The summed E-state index contributed by atoms with van der Waals surface area (Å²) in [6.07, 6.45) is 7.17. The Morgan fingerprint density at radius 2 is 2.25 bits per heavy atom. The first-order chi connectivity index (χ1) is 5.76. The van der Waals surface area contributed by atoms with E-state index in [1.54, 1.807) is 0 Å². The van der Waals surface area contributed by atoms with Crippen molar-refractivity contribution in [3.8, 4) is 0 Å². The first-order valence-electron chi connectivity index (χ1n) is 5.50. The van der Waals surface area contributed by atoms with Crippen LogP contribution in [0, 0.1) is 5.41 Å². The zero-order chi connectivity index (χ0) is 8.60. The van der Waals surface area contributed by atoms with E-state index in [-0.39, 0.29) is 0 Å². The molecule has 2 heterocycles. The van der Waals surface area contributed by atoms with E-state index in [9.17, 15) is 0 Å². The van der Waals surface area contributed by atoms with Gasteiger partial charge < -0.3 is 0 Å². The van der Waals surface area contributed by atoms with Gasteiger partial charge in [-0.15, -0.1) is 0 Å². The van der Waals surface area contributed by atoms with E-state index in [1.807, 2.05) is 0 Å². The Morgan fingerprint density at radius 3 is 3.00 bits per heavy atom. The maximum Gasteiger partial charge on any atom is 0.0150 e. The fraction of sp³-hybridized carbons (Fsp3) is 1.00. The summed E-state index contributed by atoms with van der Waals surface area (Å²) in [6, 6.07) is 0.942. The lowest BCUT2D eigenvalue weighted by atomic mass is 9.77. The van der Waals surface area contributed by atoms with E-state index in [0.717, 1.165) is 6.04 Å². The summed E-state index contributed by atoms with van der Waals surface area (Å²) in [5.74, 6) is 0. The molecule has 0 saturated carbocycles. The van der Waals surface area contributed by atoms with Gasteiger partial charge in [-0.25, -0.2) is 0 Å². The minimum absolute atomic E-state index is 0.672. The lowest BCUT2D eigenvalue weighted by Crippen LogP contribution is -2.32. The summed E-state index contributed by atoms with van der Waals surface area (Å²) in [7, 11) is 0. The zero-order valence-electron chi connectivity index (χ0n) is 8.47. The van der Waals surface area contributed by atoms with Crippen LogP contribution in [0.1, 0.15) is 46.0 Å². The number of hydrogen-bond acceptors (Lipinski definition) is 1. The van der Waals surface area contributed by atoms with Gasteiger partial charge in [-0.3, -0.25) is 4.90 Å². The molecule has 2 fully saturated rings. The van der Waals surface area contributed by atoms with Gasteiger partial charge in [-0.1, -0.05) is 20.3 Å². The zero-order valence-corrected chi connectivity index (χ0v) is 8.47. The maximum atomic E-state index is 2.72. The molecule has 2 unspecified atom stereocenters. The molecule has 0 radical (unpaired) electrons. The van der Waals surface area contributed by atoms with Crippen molar-refractivity contribution in [2.75, 3.05) is 13.1 Å². The highest BCUT2D eigenvalue weighted by Gasteiger charge is 2.44. The fourth-order valence-corrected chi connectivity index (χ4v) is 3.31. The molecule has 0 aliphatic carbocycles. The van der Waals surface area contributed by atoms with Crippen LogP contribution >= 0.6 is 0 Å². The van der Waals surface area contributed by atoms with Crippen LogP contribution in [-0.4, -0.2) is 24.0 Å². The van der Waals surface area contributed by atoms with Crippen LogP contribution in [-0.2, 0) is 0 Å². The van der Waals surface area contributed by atoms with Crippen LogP contribution in [0.25, 0.3) is 0 Å². The Morgan fingerprint density at radius 1 is 1.42 bits per heavy atom. The van der Waals surface area contributed by atoms with Gasteiger partial charge in [0.1, 0.15) is 0 Å². The van der Waals surface area contributed by atoms with Crippen molar-refractivity contribution in [3.05, 3.63) is 0 Å². The number of nitrogens with zero attached hydrogens (tertiary/aromatic N) is 1. The molecule has 1 nitrogen and oxygen atoms in total. The molecule has 0 N–H and O–H groups in total. The molecule has 2 saturated heterocycles. The smallest absolute Gasteiger partial charge is 0.0150 e. The van der Waals surface area contributed by atoms with Crippen LogP contribution in [0.2, 0.25) is 0 Å². The van der Waals surface area contributed by atoms with Gasteiger partial charge in [-0.2, -0.15) is 0 Å². The van der Waals surface area contributed by atoms with Crippen molar-refractivity contribution in [1.29, 1.82) is 0 Å². The third kappa shape index (κ3) is 1.19. The average molecular weight is 167 g/mol. The average Bonchev–Trinajstić information content (AvgIpc) is 2.57. The van der Waals surface area contributed by atoms with Crippen molar-refractivity contribution in [3.63, 3.8) is 0 Å². The minimum atomic E-state index is 0.672. The molecule has 0 aromatic heterocycles. The van der Waals surface area contributed by atoms with Gasteiger partial charge in [-0.05, 0) is 44.2 Å². The molecule has 0 aromatic carbocycles. The predicted molar refractivity (Wildman–Crippen MR) is 52.2 cm³/mol. The predicted octanol–water partition coefficient (Wildman–Crippen LogP) is 2.66. The van der Waals surface area contributed by atoms with Crippen LogP contribution in [0.3, 0.4) is 0 Å². The highest BCUT2D eigenvalue weighted by molar-refractivity contribution is 4.98. The Hall–Kier alpha value is -0.0400. The SMILES string of the molecule is CCCC1(C)CCN2CCCC21. The van der Waals surface area contributed by atoms with E-state index in [0.29, 0.717) is 5.41 Å². The molecule has 0 amide bonds. The summed E-state index contributed by atoms with van der Waals surface area (Å²) in [5, 5.41) is 0. The van der Waals surface area contributed by atoms with Gasteiger partial charge in [0.25, 0.3) is 0 Å². The molecule has 70 valence electrons. The fourth-order valence-electron chi connectivity index (χ4n) is 3.31. The first-order valence-corrected chi connectivity index (χ1v) is 5.50. The topological polar surface area (TPSA) is 3.24 Å². The number of hydrogen-bond donors (Lipinski definition) is 0. The normalized spacial score (nSPS) is 42.0. The van der Waals surface area contributed by atoms with Crippen molar-refractivity contribution in [2.45, 2.75) is 52.0 Å². The summed E-state index contributed by atoms with van der Waals surface area (Å²) in [4.78, 5) is 2.72. The van der Waals surface area contributed by atoms with Crippen molar-refractivity contribution >= 4 is 0 Å². The molecule has 0 bridgehead atoms. The molecule has 2 rings (SSSR count). The standard InChI is InChI=1S/C11H21N/c1-3-6-11(2)7-9-12-8-4-5-10(11)12/h10H,3-9H2,1-2H3. The van der Waals surface area contributed by atoms with Crippen molar-refractivity contribution < 1.29 is 0 Å². The van der Waals surface area contributed by atoms with E-state index < -0.39 is 0 Å². The summed E-state index contributed by atoms with van der Waals surface area (Å²) in [5.41, 5.74) is 0.672. The third-order valence-electron chi connectivity index (χ3n) is 3.96. The largest absolute Gasteiger partial charge is 0.300 e. The summed E-state index contributed by atoms with van der Waals surface area (Å²) in [6.45, 7) is 7.58. The maximum absolute atomic E-state index is 2.72. The Kier molecular flexibility index (Phi) is 2.16.